The van der Waals surface area contributed by atoms with Gasteiger partial charge in [0.1, 0.15) is 6.10 Å². The molecule has 1 heterocycles. The summed E-state index contributed by atoms with van der Waals surface area (Å²) in [6, 6.07) is 6.72. The van der Waals surface area contributed by atoms with E-state index in [2.05, 4.69) is 9.72 Å². The second-order valence-electron chi connectivity index (χ2n) is 4.37. The van der Waals surface area contributed by atoms with E-state index in [-0.39, 0.29) is 6.42 Å². The first-order valence-electron chi connectivity index (χ1n) is 6.01. The van der Waals surface area contributed by atoms with Gasteiger partial charge in [-0.05, 0) is 17.7 Å². The zero-order valence-electron chi connectivity index (χ0n) is 10.8. The molecule has 0 radical (unpaired) electrons. The Bertz CT molecular complexity index is 671. The van der Waals surface area contributed by atoms with Gasteiger partial charge in [0.25, 0.3) is 0 Å². The second-order valence-corrected chi connectivity index (χ2v) is 4.37. The van der Waals surface area contributed by atoms with Crippen LogP contribution in [0.3, 0.4) is 0 Å². The van der Waals surface area contributed by atoms with E-state index in [0.29, 0.717) is 16.5 Å². The molecule has 2 aromatic rings. The number of nitrogens with zero attached hydrogens (tertiary/aromatic N) is 1. The van der Waals surface area contributed by atoms with Crippen LogP contribution in [0.4, 0.5) is 0 Å². The number of benzene rings is 1. The summed E-state index contributed by atoms with van der Waals surface area (Å²) in [6.45, 7) is 0. The van der Waals surface area contributed by atoms with Gasteiger partial charge < -0.3 is 19.9 Å². The molecule has 6 nitrogen and oxygen atoms in total. The number of rotatable bonds is 4. The number of carbonyl (C=O) groups is 1. The summed E-state index contributed by atoms with van der Waals surface area (Å²) in [4.78, 5) is 14.5. The molecule has 0 saturated carbocycles. The minimum Gasteiger partial charge on any atom is -0.465 e. The molecule has 3 N–H and O–H groups in total. The summed E-state index contributed by atoms with van der Waals surface area (Å²) in [5.41, 5.74) is 1.51. The number of aromatic nitrogens is 1. The van der Waals surface area contributed by atoms with Crippen molar-refractivity contribution in [2.75, 3.05) is 7.11 Å². The van der Waals surface area contributed by atoms with Crippen LogP contribution < -0.4 is 0 Å². The molecule has 2 atom stereocenters. The van der Waals surface area contributed by atoms with Crippen LogP contribution in [-0.4, -0.2) is 34.4 Å². The monoisotopic (exact) mass is 274 g/mol. The molecule has 0 amide bonds. The predicted molar refractivity (Wildman–Crippen MR) is 70.8 cm³/mol. The maximum atomic E-state index is 11.6. The number of nitriles is 1. The van der Waals surface area contributed by atoms with Crippen molar-refractivity contribution >= 4 is 16.9 Å². The average molecular weight is 274 g/mol. The summed E-state index contributed by atoms with van der Waals surface area (Å²) < 4.78 is 4.68. The number of hydrogen-bond acceptors (Lipinski definition) is 5. The molecule has 0 saturated heterocycles. The fraction of sp³-hybridized carbons (Fsp3) is 0.286. The summed E-state index contributed by atoms with van der Waals surface area (Å²) in [5, 5.41) is 28.8. The minimum absolute atomic E-state index is 0.170. The summed E-state index contributed by atoms with van der Waals surface area (Å²) in [7, 11) is 1.29. The lowest BCUT2D eigenvalue weighted by Crippen LogP contribution is -2.17. The average Bonchev–Trinajstić information content (AvgIpc) is 2.88. The third-order valence-corrected chi connectivity index (χ3v) is 3.12. The molecule has 0 aliphatic carbocycles. The number of aliphatic hydroxyl groups excluding tert-OH is 2. The number of esters is 1. The first-order valence-corrected chi connectivity index (χ1v) is 6.01. The number of carbonyl (C=O) groups excluding carboxylic acids is 1. The molecule has 1 aromatic carbocycles. The van der Waals surface area contributed by atoms with Gasteiger partial charge >= 0.3 is 5.97 Å². The lowest BCUT2D eigenvalue weighted by molar-refractivity contribution is 0.0217. The highest BCUT2D eigenvalue weighted by Gasteiger charge is 2.20. The molecule has 6 heteroatoms. The quantitative estimate of drug-likeness (QED) is 0.728. The number of ether oxygens (including phenoxy) is 1. The molecular weight excluding hydrogens is 260 g/mol. The Morgan fingerprint density at radius 1 is 1.50 bits per heavy atom. The van der Waals surface area contributed by atoms with E-state index in [9.17, 15) is 15.0 Å². The van der Waals surface area contributed by atoms with Gasteiger partial charge in [-0.3, -0.25) is 0 Å². The Kier molecular flexibility index (Phi) is 4.03. The van der Waals surface area contributed by atoms with Gasteiger partial charge in [-0.25, -0.2) is 4.79 Å². The van der Waals surface area contributed by atoms with Crippen molar-refractivity contribution in [3.8, 4) is 6.07 Å². The van der Waals surface area contributed by atoms with Crippen LogP contribution in [0, 0.1) is 11.3 Å². The third-order valence-electron chi connectivity index (χ3n) is 3.12. The number of nitrogens with one attached hydrogen (secondary N) is 1. The number of fused-ring (bicyclic) bond motifs is 1. The molecule has 0 aliphatic rings. The summed E-state index contributed by atoms with van der Waals surface area (Å²) >= 11 is 0. The van der Waals surface area contributed by atoms with Crippen molar-refractivity contribution in [1.82, 2.24) is 4.98 Å². The zero-order chi connectivity index (χ0) is 14.7. The lowest BCUT2D eigenvalue weighted by Gasteiger charge is -2.15. The zero-order valence-corrected chi connectivity index (χ0v) is 10.8. The molecule has 0 fully saturated rings. The molecule has 20 heavy (non-hydrogen) atoms. The van der Waals surface area contributed by atoms with E-state index in [1.807, 2.05) is 0 Å². The number of methoxy groups -OCH3 is 1. The fourth-order valence-electron chi connectivity index (χ4n) is 2.03. The van der Waals surface area contributed by atoms with E-state index in [0.717, 1.165) is 5.52 Å². The Balaban J connectivity index is 2.42. The topological polar surface area (TPSA) is 106 Å². The van der Waals surface area contributed by atoms with Gasteiger partial charge in [0, 0.05) is 17.1 Å². The number of aliphatic hydroxyl groups is 2. The van der Waals surface area contributed by atoms with E-state index in [4.69, 9.17) is 5.26 Å². The van der Waals surface area contributed by atoms with Crippen LogP contribution in [0.15, 0.2) is 24.4 Å². The molecule has 1 aromatic heterocycles. The molecule has 0 bridgehead atoms. The SMILES string of the molecule is COC(=O)c1c[nH]c2ccc(C(O)C(O)CC#N)cc12. The Morgan fingerprint density at radius 3 is 2.90 bits per heavy atom. The number of hydrogen-bond donors (Lipinski definition) is 3. The van der Waals surface area contributed by atoms with E-state index in [1.54, 1.807) is 24.3 Å². The van der Waals surface area contributed by atoms with Crippen LogP contribution >= 0.6 is 0 Å². The van der Waals surface area contributed by atoms with Gasteiger partial charge in [0.15, 0.2) is 0 Å². The largest absolute Gasteiger partial charge is 0.465 e. The molecule has 0 aliphatic heterocycles. The van der Waals surface area contributed by atoms with Crippen LogP contribution in [-0.2, 0) is 4.74 Å². The van der Waals surface area contributed by atoms with E-state index >= 15 is 0 Å². The summed E-state index contributed by atoms with van der Waals surface area (Å²) in [5.74, 6) is -0.486. The maximum absolute atomic E-state index is 11.6. The van der Waals surface area contributed by atoms with E-state index < -0.39 is 18.2 Å². The van der Waals surface area contributed by atoms with E-state index in [1.165, 1.54) is 13.3 Å². The fourth-order valence-corrected chi connectivity index (χ4v) is 2.03. The van der Waals surface area contributed by atoms with Crippen molar-refractivity contribution in [2.45, 2.75) is 18.6 Å². The normalized spacial score (nSPS) is 13.7. The van der Waals surface area contributed by atoms with Crippen molar-refractivity contribution < 1.29 is 19.7 Å². The van der Waals surface area contributed by atoms with Gasteiger partial charge in [-0.15, -0.1) is 0 Å². The van der Waals surface area contributed by atoms with Crippen molar-refractivity contribution in [3.63, 3.8) is 0 Å². The number of aromatic amines is 1. The van der Waals surface area contributed by atoms with Gasteiger partial charge in [-0.1, -0.05) is 6.07 Å². The molecule has 0 spiro atoms. The maximum Gasteiger partial charge on any atom is 0.340 e. The highest BCUT2D eigenvalue weighted by Crippen LogP contribution is 2.26. The van der Waals surface area contributed by atoms with Crippen LogP contribution in [0.2, 0.25) is 0 Å². The number of H-pyrrole nitrogens is 1. The second kappa shape index (κ2) is 5.74. The molecule has 2 unspecified atom stereocenters. The van der Waals surface area contributed by atoms with Crippen LogP contribution in [0.1, 0.15) is 28.4 Å². The molecular formula is C14H14N2O4. The summed E-state index contributed by atoms with van der Waals surface area (Å²) in [6.07, 6.45) is -0.994. The Labute approximate surface area is 115 Å². The Morgan fingerprint density at radius 2 is 2.25 bits per heavy atom. The predicted octanol–water partition coefficient (Wildman–Crippen LogP) is 1.26. The third kappa shape index (κ3) is 2.50. The minimum atomic E-state index is -1.18. The highest BCUT2D eigenvalue weighted by molar-refractivity contribution is 6.04. The first kappa shape index (κ1) is 14.1. The van der Waals surface area contributed by atoms with Crippen molar-refractivity contribution in [1.29, 1.82) is 5.26 Å². The van der Waals surface area contributed by atoms with Gasteiger partial charge in [-0.2, -0.15) is 5.26 Å². The van der Waals surface area contributed by atoms with Gasteiger partial charge in [0.05, 0.1) is 31.3 Å². The first-order chi connectivity index (χ1) is 9.58. The van der Waals surface area contributed by atoms with Gasteiger partial charge in [0.2, 0.25) is 0 Å². The van der Waals surface area contributed by atoms with Crippen molar-refractivity contribution in [2.24, 2.45) is 0 Å². The van der Waals surface area contributed by atoms with Crippen LogP contribution in [0.25, 0.3) is 10.9 Å². The Hall–Kier alpha value is -2.36. The van der Waals surface area contributed by atoms with Crippen LogP contribution in [0.5, 0.6) is 0 Å². The van der Waals surface area contributed by atoms with Crippen molar-refractivity contribution in [3.05, 3.63) is 35.5 Å². The smallest absolute Gasteiger partial charge is 0.340 e. The highest BCUT2D eigenvalue weighted by atomic mass is 16.5. The molecule has 2 rings (SSSR count). The lowest BCUT2D eigenvalue weighted by atomic mass is 10.00. The standard InChI is InChI=1S/C14H14N2O4/c1-20-14(19)10-7-16-11-3-2-8(6-9(10)11)13(18)12(17)4-5-15/h2-3,6-7,12-13,16-18H,4H2,1H3. The molecule has 104 valence electrons.